The SMILES string of the molecule is CC#CC(CC(=O)O)c1ccc(NCC2c3cccc(-c4ccccc4)c32)cc1. The Balaban J connectivity index is 1.42. The maximum absolute atomic E-state index is 11.1. The van der Waals surface area contributed by atoms with E-state index in [9.17, 15) is 4.79 Å². The average Bonchev–Trinajstić information content (AvgIpc) is 3.46. The van der Waals surface area contributed by atoms with E-state index in [0.29, 0.717) is 5.92 Å². The lowest BCUT2D eigenvalue weighted by Gasteiger charge is -2.11. The van der Waals surface area contributed by atoms with Crippen molar-refractivity contribution in [3.63, 3.8) is 0 Å². The van der Waals surface area contributed by atoms with Crippen molar-refractivity contribution in [1.29, 1.82) is 0 Å². The zero-order valence-electron chi connectivity index (χ0n) is 16.4. The summed E-state index contributed by atoms with van der Waals surface area (Å²) in [5.74, 6) is 5.16. The molecule has 0 aliphatic heterocycles. The molecule has 0 spiro atoms. The van der Waals surface area contributed by atoms with Crippen LogP contribution in [0.5, 0.6) is 0 Å². The van der Waals surface area contributed by atoms with Crippen LogP contribution in [0.4, 0.5) is 5.69 Å². The van der Waals surface area contributed by atoms with E-state index in [-0.39, 0.29) is 12.3 Å². The molecule has 0 saturated heterocycles. The number of fused-ring (bicyclic) bond motifs is 1. The van der Waals surface area contributed by atoms with Crippen molar-refractivity contribution in [3.8, 4) is 23.0 Å². The molecule has 4 rings (SSSR count). The number of rotatable bonds is 7. The summed E-state index contributed by atoms with van der Waals surface area (Å²) in [6, 6.07) is 25.0. The molecule has 29 heavy (non-hydrogen) atoms. The second-order valence-electron chi connectivity index (χ2n) is 7.27. The Hall–Kier alpha value is -3.51. The lowest BCUT2D eigenvalue weighted by molar-refractivity contribution is -0.137. The fourth-order valence-corrected chi connectivity index (χ4v) is 3.91. The zero-order chi connectivity index (χ0) is 20.2. The maximum atomic E-state index is 11.1. The minimum absolute atomic E-state index is 0.0211. The van der Waals surface area contributed by atoms with E-state index in [4.69, 9.17) is 5.11 Å². The summed E-state index contributed by atoms with van der Waals surface area (Å²) in [6.07, 6.45) is 0.0211. The summed E-state index contributed by atoms with van der Waals surface area (Å²) in [4.78, 5) is 11.1. The third kappa shape index (κ3) is 4.17. The molecule has 0 fully saturated rings. The van der Waals surface area contributed by atoms with Crippen LogP contribution in [0.3, 0.4) is 0 Å². The fourth-order valence-electron chi connectivity index (χ4n) is 3.91. The maximum Gasteiger partial charge on any atom is 0.304 e. The molecular weight excluding hydrogens is 358 g/mol. The van der Waals surface area contributed by atoms with Gasteiger partial charge in [0.05, 0.1) is 12.3 Å². The van der Waals surface area contributed by atoms with Crippen molar-refractivity contribution in [1.82, 2.24) is 0 Å². The number of hydrogen-bond donors (Lipinski definition) is 2. The zero-order valence-corrected chi connectivity index (χ0v) is 16.4. The molecule has 0 saturated carbocycles. The van der Waals surface area contributed by atoms with Crippen molar-refractivity contribution in [2.45, 2.75) is 25.2 Å². The number of benzene rings is 3. The molecule has 144 valence electrons. The second-order valence-corrected chi connectivity index (χ2v) is 7.27. The number of anilines is 1. The van der Waals surface area contributed by atoms with Gasteiger partial charge in [0, 0.05) is 18.2 Å². The lowest BCUT2D eigenvalue weighted by Crippen LogP contribution is -2.06. The Morgan fingerprint density at radius 1 is 1.03 bits per heavy atom. The third-order valence-corrected chi connectivity index (χ3v) is 5.39. The van der Waals surface area contributed by atoms with Gasteiger partial charge in [0.25, 0.3) is 0 Å². The third-order valence-electron chi connectivity index (χ3n) is 5.39. The van der Waals surface area contributed by atoms with Crippen LogP contribution < -0.4 is 5.32 Å². The highest BCUT2D eigenvalue weighted by molar-refractivity contribution is 5.77. The monoisotopic (exact) mass is 381 g/mol. The number of carboxylic acids is 1. The molecule has 2 N–H and O–H groups in total. The number of hydrogen-bond acceptors (Lipinski definition) is 2. The highest BCUT2D eigenvalue weighted by atomic mass is 16.4. The van der Waals surface area contributed by atoms with Crippen LogP contribution in [0.25, 0.3) is 11.1 Å². The normalized spacial score (nSPS) is 14.9. The fraction of sp³-hybridized carbons (Fsp3) is 0.192. The first-order chi connectivity index (χ1) is 14.2. The van der Waals surface area contributed by atoms with Gasteiger partial charge in [0.1, 0.15) is 0 Å². The van der Waals surface area contributed by atoms with E-state index in [0.717, 1.165) is 17.8 Å². The van der Waals surface area contributed by atoms with E-state index < -0.39 is 5.97 Å². The van der Waals surface area contributed by atoms with E-state index in [1.165, 1.54) is 22.3 Å². The van der Waals surface area contributed by atoms with E-state index in [2.05, 4.69) is 59.6 Å². The summed E-state index contributed by atoms with van der Waals surface area (Å²) in [5, 5.41) is 12.6. The van der Waals surface area contributed by atoms with E-state index in [1.54, 1.807) is 6.92 Å². The molecule has 1 aliphatic rings. The van der Waals surface area contributed by atoms with Gasteiger partial charge >= 0.3 is 5.97 Å². The number of carboxylic acid groups (broad SMARTS) is 1. The Bertz CT molecular complexity index is 1080. The number of carbonyl (C=O) groups is 1. The summed E-state index contributed by atoms with van der Waals surface area (Å²) in [7, 11) is 0. The molecule has 1 aliphatic carbocycles. The minimum atomic E-state index is -0.833. The number of nitrogens with one attached hydrogen (secondary N) is 1. The molecule has 0 aromatic heterocycles. The van der Waals surface area contributed by atoms with Gasteiger partial charge in [0.2, 0.25) is 0 Å². The van der Waals surface area contributed by atoms with Crippen LogP contribution in [0.1, 0.15) is 41.9 Å². The molecule has 0 heterocycles. The van der Waals surface area contributed by atoms with Gasteiger partial charge in [-0.05, 0) is 46.9 Å². The van der Waals surface area contributed by atoms with Crippen LogP contribution >= 0.6 is 0 Å². The standard InChI is InChI=1S/C26H23NO2/c1-2-7-20(16-25(28)29)18-12-14-21(15-13-18)27-17-24-23-11-6-10-22(26(23)24)19-8-4-3-5-9-19/h3-6,8-15,20,24,27H,16-17H2,1H3,(H,28,29). The predicted molar refractivity (Wildman–Crippen MR) is 117 cm³/mol. The highest BCUT2D eigenvalue weighted by Gasteiger charge is 2.34. The molecule has 3 aromatic rings. The van der Waals surface area contributed by atoms with Crippen LogP contribution in [0.15, 0.2) is 72.8 Å². The van der Waals surface area contributed by atoms with Crippen molar-refractivity contribution in [3.05, 3.63) is 89.5 Å². The summed E-state index contributed by atoms with van der Waals surface area (Å²) < 4.78 is 0. The Kier molecular flexibility index (Phi) is 5.35. The summed E-state index contributed by atoms with van der Waals surface area (Å²) >= 11 is 0. The van der Waals surface area contributed by atoms with Crippen LogP contribution in [-0.2, 0) is 4.79 Å². The van der Waals surface area contributed by atoms with Gasteiger partial charge in [-0.2, -0.15) is 0 Å². The summed E-state index contributed by atoms with van der Waals surface area (Å²) in [5.41, 5.74) is 7.40. The second kappa shape index (κ2) is 8.24. The van der Waals surface area contributed by atoms with Crippen LogP contribution in [0, 0.1) is 11.8 Å². The van der Waals surface area contributed by atoms with Crippen molar-refractivity contribution < 1.29 is 9.90 Å². The molecule has 2 atom stereocenters. The highest BCUT2D eigenvalue weighted by Crippen LogP contribution is 2.49. The first-order valence-corrected chi connectivity index (χ1v) is 9.83. The number of aliphatic carboxylic acids is 1. The first-order valence-electron chi connectivity index (χ1n) is 9.83. The molecule has 0 bridgehead atoms. The van der Waals surface area contributed by atoms with Crippen molar-refractivity contribution in [2.24, 2.45) is 0 Å². The van der Waals surface area contributed by atoms with E-state index in [1.807, 2.05) is 30.3 Å². The average molecular weight is 381 g/mol. The van der Waals surface area contributed by atoms with Crippen molar-refractivity contribution >= 4 is 11.7 Å². The van der Waals surface area contributed by atoms with Crippen LogP contribution in [0.2, 0.25) is 0 Å². The molecule has 0 amide bonds. The molecule has 3 nitrogen and oxygen atoms in total. The van der Waals surface area contributed by atoms with Gasteiger partial charge in [-0.25, -0.2) is 0 Å². The molecule has 3 heteroatoms. The smallest absolute Gasteiger partial charge is 0.304 e. The van der Waals surface area contributed by atoms with Gasteiger partial charge in [-0.3, -0.25) is 4.79 Å². The quantitative estimate of drug-likeness (QED) is 0.532. The predicted octanol–water partition coefficient (Wildman–Crippen LogP) is 5.49. The molecular formula is C26H23NO2. The Morgan fingerprint density at radius 3 is 2.48 bits per heavy atom. The largest absolute Gasteiger partial charge is 0.481 e. The van der Waals surface area contributed by atoms with Gasteiger partial charge in [0.15, 0.2) is 0 Å². The van der Waals surface area contributed by atoms with Gasteiger partial charge in [-0.15, -0.1) is 5.92 Å². The van der Waals surface area contributed by atoms with Crippen molar-refractivity contribution in [2.75, 3.05) is 11.9 Å². The Morgan fingerprint density at radius 2 is 1.79 bits per heavy atom. The molecule has 0 radical (unpaired) electrons. The first kappa shape index (κ1) is 18.8. The topological polar surface area (TPSA) is 49.3 Å². The van der Waals surface area contributed by atoms with Crippen LogP contribution in [-0.4, -0.2) is 17.6 Å². The minimum Gasteiger partial charge on any atom is -0.481 e. The summed E-state index contributed by atoms with van der Waals surface area (Å²) in [6.45, 7) is 2.59. The van der Waals surface area contributed by atoms with Gasteiger partial charge in [-0.1, -0.05) is 66.6 Å². The van der Waals surface area contributed by atoms with E-state index >= 15 is 0 Å². The van der Waals surface area contributed by atoms with Gasteiger partial charge < -0.3 is 10.4 Å². The molecule has 2 unspecified atom stereocenters. The lowest BCUT2D eigenvalue weighted by atomic mass is 9.96. The molecule has 3 aromatic carbocycles. The Labute approximate surface area is 171 Å².